The molecule has 0 aliphatic rings. The first-order chi connectivity index (χ1) is 8.40. The zero-order valence-electron chi connectivity index (χ0n) is 10.4. The van der Waals surface area contributed by atoms with E-state index in [-0.39, 0.29) is 0 Å². The van der Waals surface area contributed by atoms with Crippen molar-refractivity contribution in [2.45, 2.75) is 27.1 Å². The van der Waals surface area contributed by atoms with Crippen molar-refractivity contribution < 1.29 is 23.9 Å². The van der Waals surface area contributed by atoms with Crippen LogP contribution in [0.2, 0.25) is 0 Å². The van der Waals surface area contributed by atoms with Gasteiger partial charge in [-0.3, -0.25) is 14.4 Å². The monoisotopic (exact) mass is 250 g/mol. The number of Topliss-reactive ketones (excluding diaryl/α,β-unsaturated/α-hetero) is 1. The van der Waals surface area contributed by atoms with Crippen molar-refractivity contribution in [3.05, 3.63) is 35.4 Å². The van der Waals surface area contributed by atoms with Gasteiger partial charge >= 0.3 is 18.2 Å². The molecule has 0 amide bonds. The standard InChI is InChI=1S/C13H14O5/c1-8-5-4-6-11(7-8)12(16)13(17-9(2)14)18-10(3)15/h4-7,13H,1-3H3. The molecule has 0 fully saturated rings. The number of carbonyl (C=O) groups is 3. The number of benzene rings is 1. The summed E-state index contributed by atoms with van der Waals surface area (Å²) in [7, 11) is 0. The lowest BCUT2D eigenvalue weighted by Crippen LogP contribution is -2.31. The molecule has 1 rings (SSSR count). The molecule has 18 heavy (non-hydrogen) atoms. The van der Waals surface area contributed by atoms with Gasteiger partial charge in [0.2, 0.25) is 5.78 Å². The van der Waals surface area contributed by atoms with Gasteiger partial charge in [0, 0.05) is 19.4 Å². The van der Waals surface area contributed by atoms with Crippen LogP contribution < -0.4 is 0 Å². The van der Waals surface area contributed by atoms with E-state index in [1.165, 1.54) is 0 Å². The van der Waals surface area contributed by atoms with E-state index in [9.17, 15) is 14.4 Å². The highest BCUT2D eigenvalue weighted by Crippen LogP contribution is 2.10. The molecular weight excluding hydrogens is 236 g/mol. The first-order valence-electron chi connectivity index (χ1n) is 5.35. The molecule has 5 nitrogen and oxygen atoms in total. The molecule has 0 aliphatic carbocycles. The molecule has 0 N–H and O–H groups in total. The van der Waals surface area contributed by atoms with E-state index in [2.05, 4.69) is 9.47 Å². The molecule has 0 heterocycles. The van der Waals surface area contributed by atoms with Crippen LogP contribution in [0.15, 0.2) is 24.3 Å². The molecule has 0 aromatic heterocycles. The Morgan fingerprint density at radius 3 is 2.06 bits per heavy atom. The van der Waals surface area contributed by atoms with Crippen LogP contribution in [0.5, 0.6) is 0 Å². The van der Waals surface area contributed by atoms with Gasteiger partial charge in [-0.15, -0.1) is 0 Å². The smallest absolute Gasteiger partial charge is 0.310 e. The first kappa shape index (κ1) is 13.9. The number of rotatable bonds is 4. The summed E-state index contributed by atoms with van der Waals surface area (Å²) in [6.45, 7) is 4.10. The second-order valence-corrected chi connectivity index (χ2v) is 3.78. The van der Waals surface area contributed by atoms with Crippen LogP contribution in [-0.2, 0) is 19.1 Å². The van der Waals surface area contributed by atoms with Gasteiger partial charge in [-0.05, 0) is 13.0 Å². The van der Waals surface area contributed by atoms with E-state index in [0.717, 1.165) is 19.4 Å². The lowest BCUT2D eigenvalue weighted by Gasteiger charge is -2.15. The Bertz CT molecular complexity index is 462. The maximum Gasteiger partial charge on any atom is 0.310 e. The number of carbonyl (C=O) groups excluding carboxylic acids is 3. The van der Waals surface area contributed by atoms with Gasteiger partial charge in [0.05, 0.1) is 0 Å². The third-order valence-corrected chi connectivity index (χ3v) is 2.06. The van der Waals surface area contributed by atoms with E-state index < -0.39 is 24.0 Å². The zero-order chi connectivity index (χ0) is 13.7. The maximum atomic E-state index is 12.0. The fourth-order valence-corrected chi connectivity index (χ4v) is 1.37. The molecule has 0 atom stereocenters. The number of hydrogen-bond acceptors (Lipinski definition) is 5. The number of ether oxygens (including phenoxy) is 2. The summed E-state index contributed by atoms with van der Waals surface area (Å²) in [4.78, 5) is 33.8. The summed E-state index contributed by atoms with van der Waals surface area (Å²) in [6.07, 6.45) is -1.53. The molecule has 1 aromatic carbocycles. The molecule has 5 heteroatoms. The van der Waals surface area contributed by atoms with E-state index in [4.69, 9.17) is 0 Å². The average molecular weight is 250 g/mol. The highest BCUT2D eigenvalue weighted by molar-refractivity contribution is 6.00. The van der Waals surface area contributed by atoms with Crippen molar-refractivity contribution in [3.63, 3.8) is 0 Å². The second kappa shape index (κ2) is 5.95. The molecule has 0 saturated heterocycles. The normalized spacial score (nSPS) is 10.0. The lowest BCUT2D eigenvalue weighted by atomic mass is 10.1. The van der Waals surface area contributed by atoms with E-state index in [1.54, 1.807) is 18.2 Å². The quantitative estimate of drug-likeness (QED) is 0.461. The van der Waals surface area contributed by atoms with Crippen LogP contribution in [0.1, 0.15) is 29.8 Å². The molecule has 96 valence electrons. The van der Waals surface area contributed by atoms with Gasteiger partial charge < -0.3 is 9.47 Å². The van der Waals surface area contributed by atoms with Crippen LogP contribution >= 0.6 is 0 Å². The van der Waals surface area contributed by atoms with Crippen LogP contribution in [0, 0.1) is 6.92 Å². The third-order valence-electron chi connectivity index (χ3n) is 2.06. The Labute approximate surface area is 105 Å². The number of hydrogen-bond donors (Lipinski definition) is 0. The maximum absolute atomic E-state index is 12.0. The summed E-state index contributed by atoms with van der Waals surface area (Å²) in [5, 5.41) is 0. The number of esters is 2. The Morgan fingerprint density at radius 2 is 1.61 bits per heavy atom. The van der Waals surface area contributed by atoms with Crippen molar-refractivity contribution in [1.82, 2.24) is 0 Å². The minimum Gasteiger partial charge on any atom is -0.417 e. The second-order valence-electron chi connectivity index (χ2n) is 3.78. The van der Waals surface area contributed by atoms with E-state index in [0.29, 0.717) is 5.56 Å². The lowest BCUT2D eigenvalue weighted by molar-refractivity contribution is -0.176. The molecule has 0 spiro atoms. The van der Waals surface area contributed by atoms with Crippen molar-refractivity contribution in [2.24, 2.45) is 0 Å². The van der Waals surface area contributed by atoms with Gasteiger partial charge in [-0.2, -0.15) is 0 Å². The minimum absolute atomic E-state index is 0.322. The Balaban J connectivity index is 2.94. The molecule has 1 aromatic rings. The van der Waals surface area contributed by atoms with Gasteiger partial charge in [0.1, 0.15) is 0 Å². The Morgan fingerprint density at radius 1 is 1.06 bits per heavy atom. The molecule has 0 radical (unpaired) electrons. The highest BCUT2D eigenvalue weighted by atomic mass is 16.7. The molecular formula is C13H14O5. The fourth-order valence-electron chi connectivity index (χ4n) is 1.37. The number of ketones is 1. The molecule has 0 aliphatic heterocycles. The topological polar surface area (TPSA) is 69.7 Å². The van der Waals surface area contributed by atoms with Gasteiger partial charge in [0.15, 0.2) is 0 Å². The van der Waals surface area contributed by atoms with Gasteiger partial charge in [-0.25, -0.2) is 0 Å². The average Bonchev–Trinajstić information content (AvgIpc) is 2.26. The van der Waals surface area contributed by atoms with Crippen LogP contribution in [0.3, 0.4) is 0 Å². The predicted octanol–water partition coefficient (Wildman–Crippen LogP) is 1.63. The zero-order valence-corrected chi connectivity index (χ0v) is 10.4. The summed E-state index contributed by atoms with van der Waals surface area (Å²) >= 11 is 0. The summed E-state index contributed by atoms with van der Waals surface area (Å²) in [5.74, 6) is -1.95. The largest absolute Gasteiger partial charge is 0.417 e. The summed E-state index contributed by atoms with van der Waals surface area (Å²) in [5.41, 5.74) is 1.20. The first-order valence-corrected chi connectivity index (χ1v) is 5.35. The minimum atomic E-state index is -1.53. The highest BCUT2D eigenvalue weighted by Gasteiger charge is 2.26. The Kier molecular flexibility index (Phi) is 4.59. The summed E-state index contributed by atoms with van der Waals surface area (Å²) < 4.78 is 9.37. The van der Waals surface area contributed by atoms with Gasteiger partial charge in [-0.1, -0.05) is 23.8 Å². The Hall–Kier alpha value is -2.17. The van der Waals surface area contributed by atoms with Crippen molar-refractivity contribution in [2.75, 3.05) is 0 Å². The predicted molar refractivity (Wildman–Crippen MR) is 62.8 cm³/mol. The van der Waals surface area contributed by atoms with E-state index in [1.807, 2.05) is 13.0 Å². The fraction of sp³-hybridized carbons (Fsp3) is 0.308. The van der Waals surface area contributed by atoms with Crippen LogP contribution in [-0.4, -0.2) is 24.0 Å². The van der Waals surface area contributed by atoms with Crippen molar-refractivity contribution in [3.8, 4) is 0 Å². The van der Waals surface area contributed by atoms with Crippen molar-refractivity contribution >= 4 is 17.7 Å². The summed E-state index contributed by atoms with van der Waals surface area (Å²) in [6, 6.07) is 6.71. The SMILES string of the molecule is CC(=O)OC(OC(C)=O)C(=O)c1cccc(C)c1. The van der Waals surface area contributed by atoms with Crippen molar-refractivity contribution in [1.29, 1.82) is 0 Å². The molecule has 0 unspecified atom stereocenters. The van der Waals surface area contributed by atoms with E-state index >= 15 is 0 Å². The van der Waals surface area contributed by atoms with Gasteiger partial charge in [0.25, 0.3) is 0 Å². The molecule has 0 saturated carbocycles. The van der Waals surface area contributed by atoms with Crippen LogP contribution in [0.4, 0.5) is 0 Å². The number of aryl methyl sites for hydroxylation is 1. The third kappa shape index (κ3) is 4.01. The van der Waals surface area contributed by atoms with Crippen LogP contribution in [0.25, 0.3) is 0 Å². The molecule has 0 bridgehead atoms.